The Bertz CT molecular complexity index is 692. The Labute approximate surface area is 128 Å². The molecule has 0 aliphatic rings. The maximum atomic E-state index is 11.9. The molecule has 0 fully saturated rings. The van der Waals surface area contributed by atoms with Gasteiger partial charge in [-0.25, -0.2) is 13.4 Å². The molecule has 0 bridgehead atoms. The molecule has 112 valence electrons. The van der Waals surface area contributed by atoms with Crippen molar-refractivity contribution in [3.63, 3.8) is 0 Å². The van der Waals surface area contributed by atoms with E-state index in [-0.39, 0.29) is 5.75 Å². The molecule has 0 aliphatic carbocycles. The normalized spacial score (nSPS) is 11.3. The predicted molar refractivity (Wildman–Crippen MR) is 84.1 cm³/mol. The summed E-state index contributed by atoms with van der Waals surface area (Å²) >= 11 is 1.26. The van der Waals surface area contributed by atoms with Gasteiger partial charge >= 0.3 is 0 Å². The number of hydrogen-bond acceptors (Lipinski definition) is 5. The van der Waals surface area contributed by atoms with Crippen molar-refractivity contribution in [2.24, 2.45) is 0 Å². The Hall–Kier alpha value is -1.73. The molecule has 21 heavy (non-hydrogen) atoms. The van der Waals surface area contributed by atoms with E-state index in [2.05, 4.69) is 10.3 Å². The third-order valence-electron chi connectivity index (χ3n) is 2.82. The van der Waals surface area contributed by atoms with Crippen LogP contribution in [-0.2, 0) is 26.8 Å². The molecule has 2 aromatic rings. The van der Waals surface area contributed by atoms with Gasteiger partial charge in [0.05, 0.1) is 0 Å². The first kappa shape index (κ1) is 15.7. The van der Waals surface area contributed by atoms with Gasteiger partial charge in [0.2, 0.25) is 5.91 Å². The molecule has 0 radical (unpaired) electrons. The van der Waals surface area contributed by atoms with Gasteiger partial charge in [0.15, 0.2) is 9.84 Å². The van der Waals surface area contributed by atoms with Crippen molar-refractivity contribution in [2.75, 3.05) is 11.1 Å². The Balaban J connectivity index is 1.94. The summed E-state index contributed by atoms with van der Waals surface area (Å²) in [5.74, 6) is -1.27. The minimum absolute atomic E-state index is 0.202. The van der Waals surface area contributed by atoms with E-state index in [4.69, 9.17) is 0 Å². The van der Waals surface area contributed by atoms with Crippen LogP contribution < -0.4 is 5.32 Å². The molecule has 1 heterocycles. The van der Waals surface area contributed by atoms with Crippen LogP contribution in [0.4, 0.5) is 5.69 Å². The van der Waals surface area contributed by atoms with E-state index >= 15 is 0 Å². The molecule has 1 aromatic heterocycles. The summed E-state index contributed by atoms with van der Waals surface area (Å²) in [5.41, 5.74) is 1.76. The summed E-state index contributed by atoms with van der Waals surface area (Å²) in [6.07, 6.45) is 2.46. The van der Waals surface area contributed by atoms with Crippen LogP contribution >= 0.6 is 11.3 Å². The maximum Gasteiger partial charge on any atom is 0.239 e. The Morgan fingerprint density at radius 2 is 2.00 bits per heavy atom. The van der Waals surface area contributed by atoms with Gasteiger partial charge in [-0.3, -0.25) is 4.79 Å². The lowest BCUT2D eigenvalue weighted by Crippen LogP contribution is -2.23. The number of aryl methyl sites for hydroxylation is 1. The molecule has 5 nitrogen and oxygen atoms in total. The van der Waals surface area contributed by atoms with Crippen molar-refractivity contribution in [2.45, 2.75) is 19.1 Å². The molecule has 1 N–H and O–H groups in total. The lowest BCUT2D eigenvalue weighted by atomic mass is 10.1. The fourth-order valence-electron chi connectivity index (χ4n) is 1.78. The topological polar surface area (TPSA) is 76.1 Å². The molecule has 0 saturated heterocycles. The number of anilines is 1. The molecule has 0 atom stereocenters. The number of carbonyl (C=O) groups excluding carboxylic acids is 1. The largest absolute Gasteiger partial charge is 0.325 e. The number of nitrogens with one attached hydrogen (secondary N) is 1. The standard InChI is InChI=1S/C14H16N2O3S2/c1-2-11-3-5-12(6-4-11)16-13(17)9-21(18,19)10-14-15-7-8-20-14/h3-8H,2,9-10H2,1H3,(H,16,17). The summed E-state index contributed by atoms with van der Waals surface area (Å²) in [6.45, 7) is 2.04. The minimum atomic E-state index is -3.50. The number of aromatic nitrogens is 1. The van der Waals surface area contributed by atoms with Crippen molar-refractivity contribution in [3.05, 3.63) is 46.4 Å². The van der Waals surface area contributed by atoms with Crippen LogP contribution in [-0.4, -0.2) is 25.1 Å². The third kappa shape index (κ3) is 4.95. The summed E-state index contributed by atoms with van der Waals surface area (Å²) in [6, 6.07) is 7.34. The Morgan fingerprint density at radius 1 is 1.29 bits per heavy atom. The average molecular weight is 324 g/mol. The van der Waals surface area contributed by atoms with E-state index in [1.54, 1.807) is 23.7 Å². The van der Waals surface area contributed by atoms with Crippen molar-refractivity contribution < 1.29 is 13.2 Å². The molecule has 0 saturated carbocycles. The monoisotopic (exact) mass is 324 g/mol. The van der Waals surface area contributed by atoms with E-state index in [0.29, 0.717) is 10.7 Å². The highest BCUT2D eigenvalue weighted by atomic mass is 32.2. The lowest BCUT2D eigenvalue weighted by Gasteiger charge is -2.06. The quantitative estimate of drug-likeness (QED) is 0.884. The highest BCUT2D eigenvalue weighted by molar-refractivity contribution is 7.91. The molecule has 0 aliphatic heterocycles. The van der Waals surface area contributed by atoms with Crippen LogP contribution in [0, 0.1) is 0 Å². The Morgan fingerprint density at radius 3 is 2.57 bits per heavy atom. The molecule has 7 heteroatoms. The Kier molecular flexibility index (Phi) is 5.08. The van der Waals surface area contributed by atoms with E-state index in [9.17, 15) is 13.2 Å². The highest BCUT2D eigenvalue weighted by Gasteiger charge is 2.18. The fourth-order valence-corrected chi connectivity index (χ4v) is 4.02. The first-order chi connectivity index (χ1) is 9.98. The van der Waals surface area contributed by atoms with Crippen molar-refractivity contribution >= 4 is 32.8 Å². The van der Waals surface area contributed by atoms with Crippen molar-refractivity contribution in [3.8, 4) is 0 Å². The number of nitrogens with zero attached hydrogens (tertiary/aromatic N) is 1. The number of benzene rings is 1. The molecular formula is C14H16N2O3S2. The third-order valence-corrected chi connectivity index (χ3v) is 5.20. The van der Waals surface area contributed by atoms with Gasteiger partial charge in [-0.15, -0.1) is 11.3 Å². The molecule has 1 aromatic carbocycles. The number of amides is 1. The van der Waals surface area contributed by atoms with E-state index in [0.717, 1.165) is 12.0 Å². The smallest absolute Gasteiger partial charge is 0.239 e. The number of hydrogen-bond donors (Lipinski definition) is 1. The summed E-state index contributed by atoms with van der Waals surface area (Å²) in [4.78, 5) is 15.7. The zero-order valence-electron chi connectivity index (χ0n) is 11.6. The van der Waals surface area contributed by atoms with Crippen LogP contribution in [0.2, 0.25) is 0 Å². The second-order valence-electron chi connectivity index (χ2n) is 4.56. The summed E-state index contributed by atoms with van der Waals surface area (Å²) in [5, 5.41) is 4.80. The van der Waals surface area contributed by atoms with Crippen LogP contribution in [0.1, 0.15) is 17.5 Å². The van der Waals surface area contributed by atoms with E-state index < -0.39 is 21.5 Å². The van der Waals surface area contributed by atoms with Gasteiger partial charge in [-0.05, 0) is 24.1 Å². The van der Waals surface area contributed by atoms with Gasteiger partial charge in [0.1, 0.15) is 16.5 Å². The first-order valence-electron chi connectivity index (χ1n) is 6.46. The molecule has 1 amide bonds. The molecular weight excluding hydrogens is 308 g/mol. The van der Waals surface area contributed by atoms with Gasteiger partial charge in [-0.2, -0.15) is 0 Å². The number of thiazole rings is 1. The number of rotatable bonds is 6. The van der Waals surface area contributed by atoms with Crippen molar-refractivity contribution in [1.82, 2.24) is 4.98 Å². The fraction of sp³-hybridized carbons (Fsp3) is 0.286. The molecule has 2 rings (SSSR count). The van der Waals surface area contributed by atoms with Gasteiger partial charge < -0.3 is 5.32 Å². The van der Waals surface area contributed by atoms with Gasteiger partial charge in [0, 0.05) is 17.3 Å². The predicted octanol–water partition coefficient (Wildman–Crippen LogP) is 2.26. The SMILES string of the molecule is CCc1ccc(NC(=O)CS(=O)(=O)Cc2nccs2)cc1. The molecule has 0 unspecified atom stereocenters. The first-order valence-corrected chi connectivity index (χ1v) is 9.16. The minimum Gasteiger partial charge on any atom is -0.325 e. The number of sulfone groups is 1. The van der Waals surface area contributed by atoms with E-state index in [1.165, 1.54) is 11.3 Å². The zero-order chi connectivity index (χ0) is 15.3. The van der Waals surface area contributed by atoms with E-state index in [1.807, 2.05) is 19.1 Å². The van der Waals surface area contributed by atoms with Gasteiger partial charge in [0.25, 0.3) is 0 Å². The summed E-state index contributed by atoms with van der Waals surface area (Å²) in [7, 11) is -3.50. The van der Waals surface area contributed by atoms with Gasteiger partial charge in [-0.1, -0.05) is 19.1 Å². The number of carbonyl (C=O) groups is 1. The second-order valence-corrected chi connectivity index (χ2v) is 7.60. The van der Waals surface area contributed by atoms with Crippen LogP contribution in [0.25, 0.3) is 0 Å². The maximum absolute atomic E-state index is 11.9. The lowest BCUT2D eigenvalue weighted by molar-refractivity contribution is -0.113. The highest BCUT2D eigenvalue weighted by Crippen LogP contribution is 2.12. The summed E-state index contributed by atoms with van der Waals surface area (Å²) < 4.78 is 23.8. The van der Waals surface area contributed by atoms with Crippen LogP contribution in [0.3, 0.4) is 0 Å². The average Bonchev–Trinajstić information content (AvgIpc) is 2.90. The van der Waals surface area contributed by atoms with Crippen LogP contribution in [0.5, 0.6) is 0 Å². The van der Waals surface area contributed by atoms with Crippen LogP contribution in [0.15, 0.2) is 35.8 Å². The zero-order valence-corrected chi connectivity index (χ0v) is 13.2. The van der Waals surface area contributed by atoms with Crippen molar-refractivity contribution in [1.29, 1.82) is 0 Å². The molecule has 0 spiro atoms. The second kappa shape index (κ2) is 6.82.